The van der Waals surface area contributed by atoms with Crippen LogP contribution in [0.4, 0.5) is 5.69 Å². The molecule has 0 aliphatic heterocycles. The summed E-state index contributed by atoms with van der Waals surface area (Å²) in [5.41, 5.74) is 2.61. The highest BCUT2D eigenvalue weighted by Gasteiger charge is 2.06. The minimum absolute atomic E-state index is 0.0949. The third-order valence-electron chi connectivity index (χ3n) is 3.34. The lowest BCUT2D eigenvalue weighted by molar-refractivity contribution is -0.131. The average Bonchev–Trinajstić information content (AvgIpc) is 2.59. The fraction of sp³-hybridized carbons (Fsp3) is 0.158. The lowest BCUT2D eigenvalue weighted by atomic mass is 10.1. The smallest absolute Gasteiger partial charge is 0.328 e. The summed E-state index contributed by atoms with van der Waals surface area (Å²) in [6, 6.07) is 14.5. The molecule has 0 radical (unpaired) electrons. The maximum absolute atomic E-state index is 12.0. The Kier molecular flexibility index (Phi) is 6.14. The van der Waals surface area contributed by atoms with E-state index in [2.05, 4.69) is 5.32 Å². The van der Waals surface area contributed by atoms with Crippen LogP contribution in [0.5, 0.6) is 5.75 Å². The van der Waals surface area contributed by atoms with Gasteiger partial charge in [0.2, 0.25) is 0 Å². The molecule has 1 amide bonds. The Bertz CT molecular complexity index is 735. The molecule has 0 aliphatic carbocycles. The molecule has 0 saturated heterocycles. The Hall–Kier alpha value is -3.08. The Morgan fingerprint density at radius 2 is 1.83 bits per heavy atom. The maximum atomic E-state index is 12.0. The van der Waals surface area contributed by atoms with E-state index in [0.717, 1.165) is 29.3 Å². The van der Waals surface area contributed by atoms with Crippen LogP contribution in [-0.2, 0) is 16.0 Å². The third kappa shape index (κ3) is 5.28. The van der Waals surface area contributed by atoms with Crippen molar-refractivity contribution in [2.75, 3.05) is 11.9 Å². The highest BCUT2D eigenvalue weighted by atomic mass is 16.5. The number of hydrogen-bond donors (Lipinski definition) is 2. The summed E-state index contributed by atoms with van der Waals surface area (Å²) in [6.45, 7) is 1.93. The normalized spacial score (nSPS) is 10.5. The van der Waals surface area contributed by atoms with Crippen molar-refractivity contribution in [1.29, 1.82) is 0 Å². The number of aryl methyl sites for hydroxylation is 1. The van der Waals surface area contributed by atoms with Gasteiger partial charge in [0.1, 0.15) is 5.75 Å². The predicted octanol–water partition coefficient (Wildman–Crippen LogP) is 3.36. The van der Waals surface area contributed by atoms with Gasteiger partial charge in [0.05, 0.1) is 0 Å². The van der Waals surface area contributed by atoms with E-state index < -0.39 is 5.97 Å². The minimum atomic E-state index is -1.00. The van der Waals surface area contributed by atoms with Gasteiger partial charge in [0.25, 0.3) is 5.91 Å². The van der Waals surface area contributed by atoms with E-state index in [1.54, 1.807) is 24.3 Å². The van der Waals surface area contributed by atoms with E-state index in [1.165, 1.54) is 6.08 Å². The van der Waals surface area contributed by atoms with Crippen LogP contribution in [0, 0.1) is 0 Å². The number of carboxylic acid groups (broad SMARTS) is 1. The number of carboxylic acids is 1. The van der Waals surface area contributed by atoms with Gasteiger partial charge in [-0.2, -0.15) is 0 Å². The number of hydrogen-bond acceptors (Lipinski definition) is 3. The zero-order valence-electron chi connectivity index (χ0n) is 13.4. The summed E-state index contributed by atoms with van der Waals surface area (Å²) in [5.74, 6) is -0.688. The van der Waals surface area contributed by atoms with Crippen molar-refractivity contribution in [1.82, 2.24) is 0 Å². The monoisotopic (exact) mass is 325 g/mol. The standard InChI is InChI=1S/C19H19NO4/c1-2-15-5-3-4-6-17(15)20-18(21)13-24-16-10-7-14(8-11-16)9-12-19(22)23/h3-12H,2,13H2,1H3,(H,20,21)(H,22,23)/b12-9+. The first-order chi connectivity index (χ1) is 11.6. The van der Waals surface area contributed by atoms with Crippen LogP contribution in [0.25, 0.3) is 6.08 Å². The molecule has 0 aromatic heterocycles. The Labute approximate surface area is 140 Å². The molecule has 0 fully saturated rings. The largest absolute Gasteiger partial charge is 0.484 e. The molecule has 0 atom stereocenters. The van der Waals surface area contributed by atoms with Crippen molar-refractivity contribution in [3.8, 4) is 5.75 Å². The molecule has 0 spiro atoms. The van der Waals surface area contributed by atoms with E-state index >= 15 is 0 Å². The molecule has 2 aromatic rings. The summed E-state index contributed by atoms with van der Waals surface area (Å²) in [6.07, 6.45) is 3.39. The van der Waals surface area contributed by atoms with Crippen molar-refractivity contribution < 1.29 is 19.4 Å². The van der Waals surface area contributed by atoms with Crippen molar-refractivity contribution in [3.05, 3.63) is 65.7 Å². The SMILES string of the molecule is CCc1ccccc1NC(=O)COc1ccc(/C=C/C(=O)O)cc1. The van der Waals surface area contributed by atoms with Gasteiger partial charge in [-0.15, -0.1) is 0 Å². The number of nitrogens with one attached hydrogen (secondary N) is 1. The van der Waals surface area contributed by atoms with Crippen molar-refractivity contribution in [2.45, 2.75) is 13.3 Å². The summed E-state index contributed by atoms with van der Waals surface area (Å²) < 4.78 is 5.44. The summed E-state index contributed by atoms with van der Waals surface area (Å²) in [5, 5.41) is 11.4. The van der Waals surface area contributed by atoms with Gasteiger partial charge in [-0.05, 0) is 41.8 Å². The van der Waals surface area contributed by atoms with Crippen LogP contribution in [0.15, 0.2) is 54.6 Å². The molecule has 5 nitrogen and oxygen atoms in total. The van der Waals surface area contributed by atoms with Gasteiger partial charge in [-0.25, -0.2) is 4.79 Å². The van der Waals surface area contributed by atoms with Gasteiger partial charge >= 0.3 is 5.97 Å². The second-order valence-electron chi connectivity index (χ2n) is 5.09. The molecular formula is C19H19NO4. The quantitative estimate of drug-likeness (QED) is 0.765. The lowest BCUT2D eigenvalue weighted by Gasteiger charge is -2.10. The van der Waals surface area contributed by atoms with E-state index in [0.29, 0.717) is 5.75 Å². The number of ether oxygens (including phenoxy) is 1. The predicted molar refractivity (Wildman–Crippen MR) is 93.1 cm³/mol. The number of aliphatic carboxylic acids is 1. The van der Waals surface area contributed by atoms with E-state index in [4.69, 9.17) is 9.84 Å². The molecular weight excluding hydrogens is 306 g/mol. The molecule has 0 bridgehead atoms. The number of para-hydroxylation sites is 1. The molecule has 5 heteroatoms. The van der Waals surface area contributed by atoms with Crippen molar-refractivity contribution in [3.63, 3.8) is 0 Å². The summed E-state index contributed by atoms with van der Waals surface area (Å²) in [4.78, 5) is 22.4. The zero-order valence-corrected chi connectivity index (χ0v) is 13.4. The number of amides is 1. The molecule has 2 aromatic carbocycles. The van der Waals surface area contributed by atoms with Crippen molar-refractivity contribution >= 4 is 23.6 Å². The highest BCUT2D eigenvalue weighted by molar-refractivity contribution is 5.92. The number of rotatable bonds is 7. The lowest BCUT2D eigenvalue weighted by Crippen LogP contribution is -2.20. The molecule has 0 heterocycles. The Morgan fingerprint density at radius 3 is 2.50 bits per heavy atom. The first-order valence-electron chi connectivity index (χ1n) is 7.60. The van der Waals surface area contributed by atoms with E-state index in [1.807, 2.05) is 31.2 Å². The Balaban J connectivity index is 1.88. The number of carbonyl (C=O) groups excluding carboxylic acids is 1. The van der Waals surface area contributed by atoms with Crippen LogP contribution in [0.3, 0.4) is 0 Å². The first kappa shape index (κ1) is 17.3. The van der Waals surface area contributed by atoms with Gasteiger partial charge < -0.3 is 15.2 Å². The summed E-state index contributed by atoms with van der Waals surface area (Å²) in [7, 11) is 0. The van der Waals surface area contributed by atoms with Crippen LogP contribution < -0.4 is 10.1 Å². The minimum Gasteiger partial charge on any atom is -0.484 e. The highest BCUT2D eigenvalue weighted by Crippen LogP contribution is 2.16. The second kappa shape index (κ2) is 8.53. The molecule has 24 heavy (non-hydrogen) atoms. The van der Waals surface area contributed by atoms with E-state index in [-0.39, 0.29) is 12.5 Å². The fourth-order valence-electron chi connectivity index (χ4n) is 2.13. The molecule has 0 saturated carbocycles. The summed E-state index contributed by atoms with van der Waals surface area (Å²) >= 11 is 0. The van der Waals surface area contributed by atoms with Crippen molar-refractivity contribution in [2.24, 2.45) is 0 Å². The molecule has 2 rings (SSSR count). The van der Waals surface area contributed by atoms with Crippen LogP contribution >= 0.6 is 0 Å². The van der Waals surface area contributed by atoms with Gasteiger partial charge in [0.15, 0.2) is 6.61 Å². The molecule has 0 aliphatic rings. The second-order valence-corrected chi connectivity index (χ2v) is 5.09. The molecule has 124 valence electrons. The average molecular weight is 325 g/mol. The van der Waals surface area contributed by atoms with Gasteiger partial charge in [0, 0.05) is 11.8 Å². The van der Waals surface area contributed by atoms with Crippen LogP contribution in [0.2, 0.25) is 0 Å². The number of anilines is 1. The topological polar surface area (TPSA) is 75.6 Å². The van der Waals surface area contributed by atoms with Crippen LogP contribution in [-0.4, -0.2) is 23.6 Å². The van der Waals surface area contributed by atoms with Crippen LogP contribution in [0.1, 0.15) is 18.1 Å². The Morgan fingerprint density at radius 1 is 1.12 bits per heavy atom. The van der Waals surface area contributed by atoms with E-state index in [9.17, 15) is 9.59 Å². The third-order valence-corrected chi connectivity index (χ3v) is 3.34. The number of benzene rings is 2. The molecule has 2 N–H and O–H groups in total. The van der Waals surface area contributed by atoms with Gasteiger partial charge in [-0.3, -0.25) is 4.79 Å². The fourth-order valence-corrected chi connectivity index (χ4v) is 2.13. The number of carbonyl (C=O) groups is 2. The maximum Gasteiger partial charge on any atom is 0.328 e. The zero-order chi connectivity index (χ0) is 17.4. The first-order valence-corrected chi connectivity index (χ1v) is 7.60. The molecule has 0 unspecified atom stereocenters. The van der Waals surface area contributed by atoms with Gasteiger partial charge in [-0.1, -0.05) is 37.3 Å².